The number of benzene rings is 2. The van der Waals surface area contributed by atoms with Crippen LogP contribution in [0.2, 0.25) is 0 Å². The summed E-state index contributed by atoms with van der Waals surface area (Å²) in [6, 6.07) is 11.5. The van der Waals surface area contributed by atoms with Gasteiger partial charge in [-0.25, -0.2) is 4.79 Å². The molecule has 35 heavy (non-hydrogen) atoms. The molecule has 0 bridgehead atoms. The third-order valence-corrected chi connectivity index (χ3v) is 7.33. The van der Waals surface area contributed by atoms with Gasteiger partial charge in [0.1, 0.15) is 0 Å². The molecule has 0 saturated carbocycles. The molecule has 0 spiro atoms. The molecule has 6 nitrogen and oxygen atoms in total. The summed E-state index contributed by atoms with van der Waals surface area (Å²) in [5, 5.41) is 0. The summed E-state index contributed by atoms with van der Waals surface area (Å²) in [6.45, 7) is 5.14. The number of allylic oxidation sites excluding steroid dienone is 3. The van der Waals surface area contributed by atoms with Crippen LogP contribution in [0.3, 0.4) is 0 Å². The number of ether oxygens (including phenoxy) is 3. The van der Waals surface area contributed by atoms with Crippen molar-refractivity contribution in [1.82, 2.24) is 4.90 Å². The standard InChI is InChI=1S/C29H31NO5/c1-29(2)15-23-27(24(31)16-29)21(17-6-8-18(9-7-17)28(32)35-5)13-22-20-14-26(34-4)25(33-3)12-19(20)10-11-30(22)23/h6-9,12-14,21H,10-11,15-16H2,1-5H3. The number of fused-ring (bicyclic) bond motifs is 4. The predicted molar refractivity (Wildman–Crippen MR) is 134 cm³/mol. The van der Waals surface area contributed by atoms with Crippen molar-refractivity contribution in [2.75, 3.05) is 27.9 Å². The van der Waals surface area contributed by atoms with Crippen LogP contribution >= 0.6 is 0 Å². The fourth-order valence-electron chi connectivity index (χ4n) is 5.67. The van der Waals surface area contributed by atoms with Crippen molar-refractivity contribution in [2.24, 2.45) is 5.41 Å². The van der Waals surface area contributed by atoms with Crippen LogP contribution in [0.25, 0.3) is 5.70 Å². The first-order valence-corrected chi connectivity index (χ1v) is 12.0. The normalized spacial score (nSPS) is 20.4. The predicted octanol–water partition coefficient (Wildman–Crippen LogP) is 5.13. The summed E-state index contributed by atoms with van der Waals surface area (Å²) in [5.74, 6) is 1.05. The average Bonchev–Trinajstić information content (AvgIpc) is 2.85. The average molecular weight is 474 g/mol. The van der Waals surface area contributed by atoms with E-state index >= 15 is 0 Å². The van der Waals surface area contributed by atoms with E-state index in [1.54, 1.807) is 26.4 Å². The Morgan fingerprint density at radius 3 is 2.34 bits per heavy atom. The molecule has 1 aliphatic carbocycles. The summed E-state index contributed by atoms with van der Waals surface area (Å²) in [4.78, 5) is 27.8. The highest BCUT2D eigenvalue weighted by Gasteiger charge is 2.42. The van der Waals surface area contributed by atoms with Crippen LogP contribution in [0, 0.1) is 5.41 Å². The van der Waals surface area contributed by atoms with Crippen LogP contribution in [0.4, 0.5) is 0 Å². The first kappa shape index (κ1) is 23.2. The number of rotatable bonds is 4. The highest BCUT2D eigenvalue weighted by molar-refractivity contribution is 6.01. The lowest BCUT2D eigenvalue weighted by molar-refractivity contribution is -0.118. The van der Waals surface area contributed by atoms with Crippen molar-refractivity contribution in [2.45, 2.75) is 39.0 Å². The number of carbonyl (C=O) groups excluding carboxylic acids is 2. The molecule has 2 aromatic rings. The van der Waals surface area contributed by atoms with Gasteiger partial charge in [0, 0.05) is 41.4 Å². The van der Waals surface area contributed by atoms with Gasteiger partial charge in [0.15, 0.2) is 17.3 Å². The molecule has 182 valence electrons. The van der Waals surface area contributed by atoms with Gasteiger partial charge in [-0.2, -0.15) is 0 Å². The molecule has 0 radical (unpaired) electrons. The minimum absolute atomic E-state index is 0.102. The van der Waals surface area contributed by atoms with Crippen molar-refractivity contribution < 1.29 is 23.8 Å². The van der Waals surface area contributed by atoms with Crippen molar-refractivity contribution in [3.63, 3.8) is 0 Å². The maximum absolute atomic E-state index is 13.5. The number of esters is 1. The van der Waals surface area contributed by atoms with Crippen molar-refractivity contribution in [3.8, 4) is 11.5 Å². The Morgan fingerprint density at radius 1 is 1.00 bits per heavy atom. The zero-order valence-electron chi connectivity index (χ0n) is 20.9. The number of ketones is 1. The zero-order chi connectivity index (χ0) is 24.9. The van der Waals surface area contributed by atoms with Crippen LogP contribution in [0.15, 0.2) is 53.7 Å². The molecule has 3 aliphatic rings. The van der Waals surface area contributed by atoms with E-state index in [1.165, 1.54) is 12.7 Å². The molecule has 0 amide bonds. The van der Waals surface area contributed by atoms with Crippen LogP contribution in [0.5, 0.6) is 11.5 Å². The molecule has 1 atom stereocenters. The lowest BCUT2D eigenvalue weighted by Crippen LogP contribution is -2.40. The Morgan fingerprint density at radius 2 is 1.69 bits per heavy atom. The van der Waals surface area contributed by atoms with Gasteiger partial charge < -0.3 is 19.1 Å². The maximum atomic E-state index is 13.5. The minimum atomic E-state index is -0.373. The number of Topliss-reactive ketones (excluding diaryl/α,β-unsaturated/α-hetero) is 1. The molecule has 0 N–H and O–H groups in total. The van der Waals surface area contributed by atoms with E-state index in [0.29, 0.717) is 17.7 Å². The highest BCUT2D eigenvalue weighted by Crippen LogP contribution is 2.51. The molecule has 1 unspecified atom stereocenters. The van der Waals surface area contributed by atoms with Gasteiger partial charge in [0.2, 0.25) is 0 Å². The van der Waals surface area contributed by atoms with E-state index < -0.39 is 0 Å². The van der Waals surface area contributed by atoms with Gasteiger partial charge >= 0.3 is 5.97 Å². The van der Waals surface area contributed by atoms with Crippen molar-refractivity contribution >= 4 is 17.4 Å². The molecule has 6 heteroatoms. The SMILES string of the molecule is COC(=O)c1ccc(C2C=C3c4cc(OC)c(OC)cc4CCN3C3=C2C(=O)CC(C)(C)C3)cc1. The molecule has 5 rings (SSSR count). The smallest absolute Gasteiger partial charge is 0.337 e. The molecular weight excluding hydrogens is 442 g/mol. The van der Waals surface area contributed by atoms with Crippen LogP contribution in [-0.2, 0) is 16.0 Å². The molecule has 0 saturated heterocycles. The Balaban J connectivity index is 1.68. The second-order valence-electron chi connectivity index (χ2n) is 10.2. The summed E-state index contributed by atoms with van der Waals surface area (Å²) in [7, 11) is 4.68. The van der Waals surface area contributed by atoms with Gasteiger partial charge in [-0.15, -0.1) is 0 Å². The lowest BCUT2D eigenvalue weighted by atomic mass is 9.69. The summed E-state index contributed by atoms with van der Waals surface area (Å²) < 4.78 is 16.0. The monoisotopic (exact) mass is 473 g/mol. The van der Waals surface area contributed by atoms with E-state index in [0.717, 1.165) is 53.2 Å². The molecule has 2 heterocycles. The molecule has 2 aliphatic heterocycles. The van der Waals surface area contributed by atoms with Gasteiger partial charge in [-0.3, -0.25) is 4.79 Å². The molecule has 2 aromatic carbocycles. The molecule has 0 fully saturated rings. The Kier molecular flexibility index (Phi) is 5.70. The number of hydrogen-bond acceptors (Lipinski definition) is 6. The molecule has 0 aromatic heterocycles. The van der Waals surface area contributed by atoms with Gasteiger partial charge in [-0.1, -0.05) is 26.0 Å². The second kappa shape index (κ2) is 8.59. The Hall–Kier alpha value is -3.54. The van der Waals surface area contributed by atoms with Crippen molar-refractivity contribution in [3.05, 3.63) is 76.0 Å². The Bertz CT molecular complexity index is 1270. The quantitative estimate of drug-likeness (QED) is 0.574. The summed E-state index contributed by atoms with van der Waals surface area (Å²) in [5.41, 5.74) is 6.77. The molecular formula is C29H31NO5. The maximum Gasteiger partial charge on any atom is 0.337 e. The number of carbonyl (C=O) groups is 2. The third kappa shape index (κ3) is 3.91. The van der Waals surface area contributed by atoms with Crippen LogP contribution in [-0.4, -0.2) is 44.5 Å². The lowest BCUT2D eigenvalue weighted by Gasteiger charge is -2.46. The van der Waals surface area contributed by atoms with E-state index in [4.69, 9.17) is 14.2 Å². The first-order valence-electron chi connectivity index (χ1n) is 12.0. The minimum Gasteiger partial charge on any atom is -0.493 e. The van der Waals surface area contributed by atoms with E-state index in [1.807, 2.05) is 18.2 Å². The number of nitrogens with zero attached hydrogens (tertiary/aromatic N) is 1. The van der Waals surface area contributed by atoms with Gasteiger partial charge in [0.25, 0.3) is 0 Å². The van der Waals surface area contributed by atoms with Crippen molar-refractivity contribution in [1.29, 1.82) is 0 Å². The van der Waals surface area contributed by atoms with E-state index in [9.17, 15) is 9.59 Å². The summed E-state index contributed by atoms with van der Waals surface area (Å²) in [6.07, 6.45) is 4.43. The largest absolute Gasteiger partial charge is 0.493 e. The second-order valence-corrected chi connectivity index (χ2v) is 10.2. The van der Waals surface area contributed by atoms with E-state index in [-0.39, 0.29) is 23.1 Å². The zero-order valence-corrected chi connectivity index (χ0v) is 20.9. The first-order chi connectivity index (χ1) is 16.8. The van der Waals surface area contributed by atoms with Gasteiger partial charge in [-0.05, 0) is 59.7 Å². The fourth-order valence-corrected chi connectivity index (χ4v) is 5.67. The fraction of sp³-hybridized carbons (Fsp3) is 0.379. The third-order valence-electron chi connectivity index (χ3n) is 7.33. The number of methoxy groups -OCH3 is 3. The van der Waals surface area contributed by atoms with E-state index in [2.05, 4.69) is 30.9 Å². The van der Waals surface area contributed by atoms with Gasteiger partial charge in [0.05, 0.1) is 26.9 Å². The summed E-state index contributed by atoms with van der Waals surface area (Å²) >= 11 is 0. The van der Waals surface area contributed by atoms with Crippen LogP contribution in [0.1, 0.15) is 59.7 Å². The Labute approximate surface area is 206 Å². The number of hydrogen-bond donors (Lipinski definition) is 0. The van der Waals surface area contributed by atoms with Crippen LogP contribution < -0.4 is 9.47 Å². The topological polar surface area (TPSA) is 65.1 Å². The highest BCUT2D eigenvalue weighted by atomic mass is 16.5.